The highest BCUT2D eigenvalue weighted by Gasteiger charge is 2.63. The molecule has 17 heteroatoms. The molecule has 3 atom stereocenters. The molecular formula is C31H29F6N5O5S. The van der Waals surface area contributed by atoms with Crippen molar-refractivity contribution in [2.45, 2.75) is 42.9 Å². The lowest BCUT2D eigenvalue weighted by atomic mass is 9.70. The topological polar surface area (TPSA) is 132 Å². The van der Waals surface area contributed by atoms with E-state index in [2.05, 4.69) is 20.1 Å². The maximum Gasteiger partial charge on any atom is 0.573 e. The van der Waals surface area contributed by atoms with Crippen LogP contribution in [-0.2, 0) is 34.5 Å². The Morgan fingerprint density at radius 3 is 2.23 bits per heavy atom. The van der Waals surface area contributed by atoms with Gasteiger partial charge in [-0.1, -0.05) is 35.5 Å². The van der Waals surface area contributed by atoms with Crippen molar-refractivity contribution in [1.29, 1.82) is 0 Å². The zero-order valence-electron chi connectivity index (χ0n) is 25.5. The quantitative estimate of drug-likeness (QED) is 0.228. The van der Waals surface area contributed by atoms with E-state index in [1.54, 1.807) is 30.3 Å². The summed E-state index contributed by atoms with van der Waals surface area (Å²) >= 11 is 0. The summed E-state index contributed by atoms with van der Waals surface area (Å²) in [7, 11) is -3.20. The van der Waals surface area contributed by atoms with Crippen molar-refractivity contribution in [3.05, 3.63) is 101 Å². The van der Waals surface area contributed by atoms with Crippen LogP contribution in [0, 0.1) is 0 Å². The standard InChI is InChI=1S/C31H29F6N5O5S/c1-19(44)29(32,33)16-23-14-26(41(2)39-23)28(18-43)27(48(3,45)46)13-22(20-7-5-4-6-8-20)15-30(28,34)42-25(17-38-40-42)21-9-11-24(12-10-21)47-31(35,36)37/h4-15,17,19,43-44H,16,18H2,1-3H3. The first-order valence-corrected chi connectivity index (χ1v) is 16.1. The fourth-order valence-electron chi connectivity index (χ4n) is 5.75. The first-order valence-electron chi connectivity index (χ1n) is 14.2. The van der Waals surface area contributed by atoms with E-state index in [0.29, 0.717) is 10.2 Å². The van der Waals surface area contributed by atoms with E-state index in [9.17, 15) is 40.6 Å². The van der Waals surface area contributed by atoms with Gasteiger partial charge in [0.05, 0.1) is 41.2 Å². The van der Waals surface area contributed by atoms with Gasteiger partial charge in [-0.2, -0.15) is 5.10 Å². The second-order valence-corrected chi connectivity index (χ2v) is 13.3. The Kier molecular flexibility index (Phi) is 8.85. The minimum atomic E-state index is -4.98. The van der Waals surface area contributed by atoms with E-state index >= 15 is 4.39 Å². The lowest BCUT2D eigenvalue weighted by Gasteiger charge is -2.46. The van der Waals surface area contributed by atoms with Crippen molar-refractivity contribution < 1.29 is 49.7 Å². The van der Waals surface area contributed by atoms with Crippen LogP contribution in [0.25, 0.3) is 16.8 Å². The summed E-state index contributed by atoms with van der Waals surface area (Å²) in [4.78, 5) is -0.659. The van der Waals surface area contributed by atoms with Crippen LogP contribution in [0.1, 0.15) is 23.9 Å². The summed E-state index contributed by atoms with van der Waals surface area (Å²) in [5, 5.41) is 32.6. The van der Waals surface area contributed by atoms with Crippen molar-refractivity contribution in [2.24, 2.45) is 7.05 Å². The number of aliphatic hydroxyl groups is 2. The SMILES string of the molecule is CC(O)C(F)(F)Cc1cc(C2(CO)C(S(C)(=O)=O)=CC(c3ccccc3)=CC2(F)n2nncc2-c2ccc(OC(F)(F)F)cc2)n(C)n1. The molecule has 2 heterocycles. The lowest BCUT2D eigenvalue weighted by Crippen LogP contribution is -2.57. The number of aliphatic hydroxyl groups excluding tert-OH is 2. The largest absolute Gasteiger partial charge is 0.573 e. The summed E-state index contributed by atoms with van der Waals surface area (Å²) in [6.07, 6.45) is -4.14. The summed E-state index contributed by atoms with van der Waals surface area (Å²) in [5.74, 6) is -7.45. The van der Waals surface area contributed by atoms with Crippen molar-refractivity contribution >= 4 is 15.4 Å². The van der Waals surface area contributed by atoms with Crippen LogP contribution < -0.4 is 4.74 Å². The van der Waals surface area contributed by atoms with Gasteiger partial charge in [0.25, 0.3) is 5.92 Å². The zero-order chi connectivity index (χ0) is 35.3. The third-order valence-corrected chi connectivity index (χ3v) is 9.30. The lowest BCUT2D eigenvalue weighted by molar-refractivity contribution is -0.274. The zero-order valence-corrected chi connectivity index (χ0v) is 26.3. The second-order valence-electron chi connectivity index (χ2n) is 11.3. The molecule has 0 radical (unpaired) electrons. The molecule has 0 saturated heterocycles. The van der Waals surface area contributed by atoms with Crippen LogP contribution in [0.15, 0.2) is 83.9 Å². The molecule has 3 unspecified atom stereocenters. The normalized spacial score (nSPS) is 21.1. The van der Waals surface area contributed by atoms with Crippen LogP contribution in [0.3, 0.4) is 0 Å². The number of allylic oxidation sites excluding steroid dienone is 3. The van der Waals surface area contributed by atoms with Gasteiger partial charge >= 0.3 is 6.36 Å². The molecule has 0 amide bonds. The molecule has 4 aromatic rings. The number of aromatic nitrogens is 5. The third-order valence-electron chi connectivity index (χ3n) is 8.03. The highest BCUT2D eigenvalue weighted by Crippen LogP contribution is 2.55. The summed E-state index contributed by atoms with van der Waals surface area (Å²) in [6, 6.07) is 13.4. The molecule has 48 heavy (non-hydrogen) atoms. The number of alkyl halides is 6. The van der Waals surface area contributed by atoms with Crippen LogP contribution in [0.5, 0.6) is 5.75 Å². The smallest absolute Gasteiger partial charge is 0.406 e. The molecule has 5 rings (SSSR count). The fraction of sp³-hybridized carbons (Fsp3) is 0.323. The third kappa shape index (κ3) is 6.24. The Labute approximate surface area is 270 Å². The number of nitrogens with zero attached hydrogens (tertiary/aromatic N) is 5. The second kappa shape index (κ2) is 12.2. The summed E-state index contributed by atoms with van der Waals surface area (Å²) < 4.78 is 119. The molecule has 0 fully saturated rings. The molecule has 0 aliphatic heterocycles. The molecule has 0 bridgehead atoms. The molecule has 2 aromatic carbocycles. The number of rotatable bonds is 10. The first-order chi connectivity index (χ1) is 22.3. The highest BCUT2D eigenvalue weighted by molar-refractivity contribution is 7.94. The number of sulfone groups is 1. The van der Waals surface area contributed by atoms with Gasteiger partial charge in [-0.3, -0.25) is 4.68 Å². The van der Waals surface area contributed by atoms with E-state index < -0.39 is 63.1 Å². The Bertz CT molecular complexity index is 1970. The van der Waals surface area contributed by atoms with Gasteiger partial charge in [0.1, 0.15) is 17.3 Å². The number of aryl methyl sites for hydroxylation is 1. The number of hydrogen-bond acceptors (Lipinski definition) is 8. The molecular weight excluding hydrogens is 668 g/mol. The number of halogens is 6. The van der Waals surface area contributed by atoms with Crippen LogP contribution >= 0.6 is 0 Å². The average molecular weight is 698 g/mol. The highest BCUT2D eigenvalue weighted by atomic mass is 32.2. The molecule has 2 N–H and O–H groups in total. The molecule has 1 aliphatic carbocycles. The van der Waals surface area contributed by atoms with Gasteiger partial charge < -0.3 is 14.9 Å². The first kappa shape index (κ1) is 34.8. The van der Waals surface area contributed by atoms with Gasteiger partial charge in [0, 0.05) is 18.9 Å². The monoisotopic (exact) mass is 697 g/mol. The number of hydrogen-bond donors (Lipinski definition) is 2. The molecule has 256 valence electrons. The molecule has 0 spiro atoms. The van der Waals surface area contributed by atoms with Crippen LogP contribution in [-0.4, -0.2) is 74.7 Å². The Morgan fingerprint density at radius 1 is 1.02 bits per heavy atom. The van der Waals surface area contributed by atoms with E-state index in [1.165, 1.54) is 19.2 Å². The Balaban J connectivity index is 1.81. The van der Waals surface area contributed by atoms with Gasteiger partial charge in [-0.25, -0.2) is 26.3 Å². The predicted molar refractivity (Wildman–Crippen MR) is 161 cm³/mol. The van der Waals surface area contributed by atoms with E-state index in [4.69, 9.17) is 0 Å². The van der Waals surface area contributed by atoms with E-state index in [-0.39, 0.29) is 28.2 Å². The average Bonchev–Trinajstić information content (AvgIpc) is 3.63. The molecule has 10 nitrogen and oxygen atoms in total. The molecule has 2 aromatic heterocycles. The predicted octanol–water partition coefficient (Wildman–Crippen LogP) is 4.71. The minimum absolute atomic E-state index is 0.0426. The number of benzene rings is 2. The van der Waals surface area contributed by atoms with Crippen LogP contribution in [0.2, 0.25) is 0 Å². The maximum atomic E-state index is 18.7. The molecule has 0 saturated carbocycles. The number of ether oxygens (including phenoxy) is 1. The molecule has 1 aliphatic rings. The van der Waals surface area contributed by atoms with Gasteiger partial charge in [-0.05, 0) is 60.5 Å². The van der Waals surface area contributed by atoms with Crippen molar-refractivity contribution in [1.82, 2.24) is 24.8 Å². The van der Waals surface area contributed by atoms with Crippen molar-refractivity contribution in [2.75, 3.05) is 12.9 Å². The van der Waals surface area contributed by atoms with Gasteiger partial charge in [0.15, 0.2) is 9.84 Å². The van der Waals surface area contributed by atoms with Crippen LogP contribution in [0.4, 0.5) is 26.3 Å². The summed E-state index contributed by atoms with van der Waals surface area (Å²) in [5.41, 5.74) is -3.02. The van der Waals surface area contributed by atoms with Crippen molar-refractivity contribution in [3.63, 3.8) is 0 Å². The Morgan fingerprint density at radius 2 is 1.67 bits per heavy atom. The van der Waals surface area contributed by atoms with E-state index in [1.807, 2.05) is 0 Å². The van der Waals surface area contributed by atoms with Gasteiger partial charge in [0.2, 0.25) is 5.79 Å². The van der Waals surface area contributed by atoms with Gasteiger partial charge in [-0.15, -0.1) is 18.3 Å². The van der Waals surface area contributed by atoms with Crippen molar-refractivity contribution in [3.8, 4) is 17.0 Å². The Hall–Kier alpha value is -4.48. The van der Waals surface area contributed by atoms with E-state index in [0.717, 1.165) is 54.4 Å². The summed E-state index contributed by atoms with van der Waals surface area (Å²) in [6.45, 7) is -0.397. The minimum Gasteiger partial charge on any atom is -0.406 e. The maximum absolute atomic E-state index is 18.7. The fourth-order valence-corrected chi connectivity index (χ4v) is 7.03.